The van der Waals surface area contributed by atoms with Crippen molar-refractivity contribution < 1.29 is 14.4 Å². The van der Waals surface area contributed by atoms with Crippen LogP contribution in [-0.2, 0) is 14.4 Å². The summed E-state index contributed by atoms with van der Waals surface area (Å²) >= 11 is 0. The fourth-order valence-electron chi connectivity index (χ4n) is 2.40. The normalized spacial score (nSPS) is 13.3. The van der Waals surface area contributed by atoms with E-state index in [0.29, 0.717) is 24.5 Å². The van der Waals surface area contributed by atoms with E-state index in [2.05, 4.69) is 10.6 Å². The zero-order chi connectivity index (χ0) is 16.7. The summed E-state index contributed by atoms with van der Waals surface area (Å²) in [5.74, 6) is -0.627. The maximum Gasteiger partial charge on any atom is 0.244 e. The fraction of sp³-hybridized carbons (Fsp3) is 0.438. The predicted octanol–water partition coefficient (Wildman–Crippen LogP) is 0.607. The van der Waals surface area contributed by atoms with E-state index in [4.69, 9.17) is 5.73 Å². The van der Waals surface area contributed by atoms with Gasteiger partial charge in [-0.1, -0.05) is 12.1 Å². The number of rotatable bonds is 7. The molecule has 0 atom stereocenters. The van der Waals surface area contributed by atoms with Crippen LogP contribution in [0.5, 0.6) is 0 Å². The van der Waals surface area contributed by atoms with Crippen LogP contribution >= 0.6 is 0 Å². The molecule has 0 radical (unpaired) electrons. The lowest BCUT2D eigenvalue weighted by Gasteiger charge is -2.29. The maximum atomic E-state index is 12.3. The quantitative estimate of drug-likeness (QED) is 0.641. The third kappa shape index (κ3) is 4.79. The number of hydrogen-bond donors (Lipinski definition) is 3. The van der Waals surface area contributed by atoms with E-state index in [1.807, 2.05) is 0 Å². The van der Waals surface area contributed by atoms with Crippen molar-refractivity contribution in [1.82, 2.24) is 5.32 Å². The van der Waals surface area contributed by atoms with Crippen molar-refractivity contribution in [2.24, 2.45) is 5.73 Å². The molecule has 4 N–H and O–H groups in total. The Bertz CT molecular complexity index is 588. The van der Waals surface area contributed by atoms with Crippen molar-refractivity contribution >= 4 is 29.1 Å². The lowest BCUT2D eigenvalue weighted by Crippen LogP contribution is -2.42. The smallest absolute Gasteiger partial charge is 0.244 e. The Morgan fingerprint density at radius 1 is 1.22 bits per heavy atom. The summed E-state index contributed by atoms with van der Waals surface area (Å²) in [5, 5.41) is 5.49. The van der Waals surface area contributed by atoms with Crippen molar-refractivity contribution in [2.45, 2.75) is 25.7 Å². The highest BCUT2D eigenvalue weighted by molar-refractivity contribution is 6.10. The molecule has 23 heavy (non-hydrogen) atoms. The van der Waals surface area contributed by atoms with Crippen molar-refractivity contribution in [1.29, 1.82) is 0 Å². The minimum Gasteiger partial charge on any atom is -0.356 e. The molecule has 2 rings (SSSR count). The number of unbranched alkanes of at least 4 members (excludes halogenated alkanes) is 1. The van der Waals surface area contributed by atoms with E-state index in [1.54, 1.807) is 24.3 Å². The van der Waals surface area contributed by atoms with Gasteiger partial charge in [0.1, 0.15) is 6.54 Å². The van der Waals surface area contributed by atoms with Gasteiger partial charge in [-0.15, -0.1) is 0 Å². The Morgan fingerprint density at radius 2 is 2.00 bits per heavy atom. The van der Waals surface area contributed by atoms with Gasteiger partial charge in [0.25, 0.3) is 0 Å². The van der Waals surface area contributed by atoms with Crippen LogP contribution in [0.1, 0.15) is 25.7 Å². The van der Waals surface area contributed by atoms with E-state index in [0.717, 1.165) is 12.8 Å². The first-order valence-electron chi connectivity index (χ1n) is 7.78. The molecule has 0 aliphatic carbocycles. The zero-order valence-electron chi connectivity index (χ0n) is 13.0. The third-order valence-electron chi connectivity index (χ3n) is 3.59. The van der Waals surface area contributed by atoms with Crippen LogP contribution in [0.15, 0.2) is 24.3 Å². The van der Waals surface area contributed by atoms with Crippen LogP contribution in [0.25, 0.3) is 0 Å². The van der Waals surface area contributed by atoms with Crippen molar-refractivity contribution in [3.63, 3.8) is 0 Å². The molecule has 7 heteroatoms. The number of para-hydroxylation sites is 2. The minimum absolute atomic E-state index is 0.0199. The fourth-order valence-corrected chi connectivity index (χ4v) is 2.40. The Balaban J connectivity index is 1.86. The van der Waals surface area contributed by atoms with Gasteiger partial charge in [-0.2, -0.15) is 0 Å². The molecule has 1 aromatic rings. The summed E-state index contributed by atoms with van der Waals surface area (Å²) in [4.78, 5) is 37.2. The third-order valence-corrected chi connectivity index (χ3v) is 3.59. The Kier molecular flexibility index (Phi) is 6.10. The number of carbonyl (C=O) groups excluding carboxylic acids is 3. The number of hydrogen-bond acceptors (Lipinski definition) is 4. The molecule has 0 spiro atoms. The number of benzene rings is 1. The molecule has 124 valence electrons. The number of amides is 3. The summed E-state index contributed by atoms with van der Waals surface area (Å²) in [6, 6.07) is 7.12. The first-order chi connectivity index (χ1) is 11.1. The monoisotopic (exact) mass is 318 g/mol. The lowest BCUT2D eigenvalue weighted by molar-refractivity contribution is -0.125. The van der Waals surface area contributed by atoms with Crippen LogP contribution in [0, 0.1) is 0 Å². The van der Waals surface area contributed by atoms with Gasteiger partial charge in [0.15, 0.2) is 0 Å². The molecule has 1 aliphatic rings. The lowest BCUT2D eigenvalue weighted by atomic mass is 10.1. The molecule has 0 bridgehead atoms. The summed E-state index contributed by atoms with van der Waals surface area (Å²) in [5.41, 5.74) is 6.66. The van der Waals surface area contributed by atoms with Crippen molar-refractivity contribution in [2.75, 3.05) is 29.9 Å². The SMILES string of the molecule is NCCCCNC(=O)CCC(=O)N1CC(=O)Nc2ccccc21. The number of anilines is 2. The van der Waals surface area contributed by atoms with Crippen LogP contribution in [0.4, 0.5) is 11.4 Å². The van der Waals surface area contributed by atoms with Crippen LogP contribution in [0.2, 0.25) is 0 Å². The molecular weight excluding hydrogens is 296 g/mol. The molecular formula is C16H22N4O3. The second-order valence-electron chi connectivity index (χ2n) is 5.39. The van der Waals surface area contributed by atoms with Gasteiger partial charge < -0.3 is 21.3 Å². The Hall–Kier alpha value is -2.41. The molecule has 7 nitrogen and oxygen atoms in total. The number of nitrogens with two attached hydrogens (primary N) is 1. The van der Waals surface area contributed by atoms with Gasteiger partial charge in [-0.05, 0) is 31.5 Å². The molecule has 0 saturated heterocycles. The second-order valence-corrected chi connectivity index (χ2v) is 5.39. The van der Waals surface area contributed by atoms with E-state index < -0.39 is 0 Å². The van der Waals surface area contributed by atoms with E-state index in [1.165, 1.54) is 4.90 Å². The van der Waals surface area contributed by atoms with E-state index in [-0.39, 0.29) is 37.1 Å². The van der Waals surface area contributed by atoms with Crippen LogP contribution in [0.3, 0.4) is 0 Å². The van der Waals surface area contributed by atoms with Crippen molar-refractivity contribution in [3.8, 4) is 0 Å². The number of nitrogens with zero attached hydrogens (tertiary/aromatic N) is 1. The summed E-state index contributed by atoms with van der Waals surface area (Å²) < 4.78 is 0. The molecule has 0 aromatic heterocycles. The Morgan fingerprint density at radius 3 is 2.78 bits per heavy atom. The molecule has 0 fully saturated rings. The number of nitrogens with one attached hydrogen (secondary N) is 2. The van der Waals surface area contributed by atoms with E-state index in [9.17, 15) is 14.4 Å². The summed E-state index contributed by atoms with van der Waals surface area (Å²) in [6.45, 7) is 1.15. The first-order valence-corrected chi connectivity index (χ1v) is 7.78. The highest BCUT2D eigenvalue weighted by atomic mass is 16.2. The minimum atomic E-state index is -0.233. The van der Waals surface area contributed by atoms with Gasteiger partial charge in [-0.3, -0.25) is 14.4 Å². The average molecular weight is 318 g/mol. The second kappa shape index (κ2) is 8.28. The van der Waals surface area contributed by atoms with Crippen molar-refractivity contribution in [3.05, 3.63) is 24.3 Å². The van der Waals surface area contributed by atoms with Gasteiger partial charge in [0, 0.05) is 19.4 Å². The van der Waals surface area contributed by atoms with E-state index >= 15 is 0 Å². The molecule has 3 amide bonds. The van der Waals surface area contributed by atoms with Crippen LogP contribution in [-0.4, -0.2) is 37.4 Å². The molecule has 1 aliphatic heterocycles. The predicted molar refractivity (Wildman–Crippen MR) is 88.0 cm³/mol. The topological polar surface area (TPSA) is 105 Å². The highest BCUT2D eigenvalue weighted by Crippen LogP contribution is 2.29. The Labute approximate surface area is 135 Å². The van der Waals surface area contributed by atoms with Crippen LogP contribution < -0.4 is 21.3 Å². The van der Waals surface area contributed by atoms with Gasteiger partial charge >= 0.3 is 0 Å². The number of fused-ring (bicyclic) bond motifs is 1. The largest absolute Gasteiger partial charge is 0.356 e. The molecule has 0 saturated carbocycles. The highest BCUT2D eigenvalue weighted by Gasteiger charge is 2.26. The molecule has 0 unspecified atom stereocenters. The molecule has 1 heterocycles. The molecule has 1 aromatic carbocycles. The summed E-state index contributed by atoms with van der Waals surface area (Å²) in [7, 11) is 0. The zero-order valence-corrected chi connectivity index (χ0v) is 13.0. The number of carbonyl (C=O) groups is 3. The first kappa shape index (κ1) is 17.0. The van der Waals surface area contributed by atoms with Gasteiger partial charge in [-0.25, -0.2) is 0 Å². The maximum absolute atomic E-state index is 12.3. The summed E-state index contributed by atoms with van der Waals surface area (Å²) in [6.07, 6.45) is 1.88. The van der Waals surface area contributed by atoms with Gasteiger partial charge in [0.2, 0.25) is 17.7 Å². The van der Waals surface area contributed by atoms with Gasteiger partial charge in [0.05, 0.1) is 11.4 Å². The average Bonchev–Trinajstić information content (AvgIpc) is 2.55. The standard InChI is InChI=1S/C16H22N4O3/c17-9-3-4-10-18-14(21)7-8-16(23)20-11-15(22)19-12-5-1-2-6-13(12)20/h1-2,5-6H,3-4,7-11,17H2,(H,18,21)(H,19,22).